The highest BCUT2D eigenvalue weighted by Gasteiger charge is 2.41. The van der Waals surface area contributed by atoms with Crippen LogP contribution in [0.1, 0.15) is 64.2 Å². The molecule has 2 unspecified atom stereocenters. The van der Waals surface area contributed by atoms with E-state index in [1.807, 2.05) is 0 Å². The fourth-order valence-corrected chi connectivity index (χ4v) is 4.34. The number of carbonyl (C=O) groups is 3. The quantitative estimate of drug-likeness (QED) is 0.148. The Balaban J connectivity index is 1.28. The van der Waals surface area contributed by atoms with Gasteiger partial charge in [0.1, 0.15) is 18.4 Å². The number of esters is 1. The highest BCUT2D eigenvalue weighted by atomic mass is 19.1. The zero-order valence-electron chi connectivity index (χ0n) is 25.4. The van der Waals surface area contributed by atoms with Crippen LogP contribution >= 0.6 is 0 Å². The molecule has 0 saturated carbocycles. The molecule has 0 radical (unpaired) electrons. The van der Waals surface area contributed by atoms with Crippen molar-refractivity contribution in [3.63, 3.8) is 0 Å². The Hall–Kier alpha value is -4.98. The van der Waals surface area contributed by atoms with Crippen LogP contribution in [0.15, 0.2) is 20.0 Å². The van der Waals surface area contributed by atoms with Crippen LogP contribution in [0.5, 0.6) is 0 Å². The number of aromatic nitrogens is 4. The summed E-state index contributed by atoms with van der Waals surface area (Å²) in [7, 11) is 1.49. The van der Waals surface area contributed by atoms with Gasteiger partial charge in [-0.1, -0.05) is 5.92 Å². The first-order valence-electron chi connectivity index (χ1n) is 13.9. The Morgan fingerprint density at radius 2 is 2.02 bits per heavy atom. The summed E-state index contributed by atoms with van der Waals surface area (Å²) in [5, 5.41) is 2.39. The summed E-state index contributed by atoms with van der Waals surface area (Å²) in [5.41, 5.74) is -1.90. The third-order valence-corrected chi connectivity index (χ3v) is 6.56. The molecule has 0 aromatic carbocycles. The minimum Gasteiger partial charge on any atom is -0.462 e. The van der Waals surface area contributed by atoms with E-state index in [-0.39, 0.29) is 61.1 Å². The van der Waals surface area contributed by atoms with Gasteiger partial charge >= 0.3 is 30.1 Å². The monoisotopic (exact) mass is 632 g/mol. The topological polar surface area (TPSA) is 190 Å². The van der Waals surface area contributed by atoms with Gasteiger partial charge in [0.25, 0.3) is 0 Å². The highest BCUT2D eigenvalue weighted by Crippen LogP contribution is 2.38. The summed E-state index contributed by atoms with van der Waals surface area (Å²) in [4.78, 5) is 60.9. The zero-order valence-corrected chi connectivity index (χ0v) is 25.4. The van der Waals surface area contributed by atoms with Gasteiger partial charge in [0.15, 0.2) is 40.7 Å². The Morgan fingerprint density at radius 1 is 1.27 bits per heavy atom. The number of terminal acetylenes is 1. The van der Waals surface area contributed by atoms with Gasteiger partial charge in [0, 0.05) is 20.0 Å². The van der Waals surface area contributed by atoms with E-state index in [9.17, 15) is 23.6 Å². The smallest absolute Gasteiger partial charge is 0.462 e. The lowest BCUT2D eigenvalue weighted by Gasteiger charge is -2.24. The summed E-state index contributed by atoms with van der Waals surface area (Å²) in [6.07, 6.45) is 4.67. The van der Waals surface area contributed by atoms with Crippen LogP contribution < -0.4 is 11.1 Å². The Bertz CT molecular complexity index is 1670. The van der Waals surface area contributed by atoms with Crippen molar-refractivity contribution < 1.29 is 46.6 Å². The lowest BCUT2D eigenvalue weighted by atomic mass is 10.0. The maximum absolute atomic E-state index is 14.3. The standard InChI is InChI=1S/C28H33FN6O10/c1-7-28(14-41-19(36)9-8-12-34(6)25(38)40-13-17-16(2)42-26(39)43-17)11-10-18(44-28)35-15-30-20-21(31-23(29)33-22(20)35)32-24(37)45-27(3,4)5/h1,15,18H,8-14H2,2-6H3,(H,31,32,33,37). The normalized spacial score (nSPS) is 17.9. The summed E-state index contributed by atoms with van der Waals surface area (Å²) in [5.74, 6) is 1.23. The molecule has 1 N–H and O–H groups in total. The van der Waals surface area contributed by atoms with Gasteiger partial charge in [-0.15, -0.1) is 6.42 Å². The van der Waals surface area contributed by atoms with Gasteiger partial charge < -0.3 is 32.7 Å². The van der Waals surface area contributed by atoms with E-state index < -0.39 is 47.5 Å². The van der Waals surface area contributed by atoms with E-state index >= 15 is 0 Å². The third kappa shape index (κ3) is 8.35. The summed E-state index contributed by atoms with van der Waals surface area (Å²) < 4.78 is 47.1. The van der Waals surface area contributed by atoms with Gasteiger partial charge in [0.2, 0.25) is 0 Å². The van der Waals surface area contributed by atoms with E-state index in [1.165, 1.54) is 29.8 Å². The molecule has 3 aromatic heterocycles. The number of nitrogens with one attached hydrogen (secondary N) is 1. The van der Waals surface area contributed by atoms with Crippen molar-refractivity contribution in [3.05, 3.63) is 34.5 Å². The molecule has 1 fully saturated rings. The molecule has 4 rings (SSSR count). The average Bonchev–Trinajstić information content (AvgIpc) is 3.66. The number of carbonyl (C=O) groups excluding carboxylic acids is 3. The molecule has 45 heavy (non-hydrogen) atoms. The molecule has 2 amide bonds. The SMILES string of the molecule is C#CC1(COC(=O)CCCN(C)C(=O)OCc2oc(=O)oc2C)CCC(n2cnc3c(NC(=O)OC(C)(C)C)nc(F)nc32)O1. The van der Waals surface area contributed by atoms with Gasteiger partial charge in [-0.05, 0) is 47.0 Å². The van der Waals surface area contributed by atoms with Crippen LogP contribution in [-0.2, 0) is 30.3 Å². The molecule has 0 spiro atoms. The van der Waals surface area contributed by atoms with Crippen molar-refractivity contribution in [1.29, 1.82) is 0 Å². The van der Waals surface area contributed by atoms with Crippen molar-refractivity contribution >= 4 is 35.1 Å². The second-order valence-electron chi connectivity index (χ2n) is 11.2. The maximum Gasteiger partial charge on any atom is 0.519 e. The lowest BCUT2D eigenvalue weighted by molar-refractivity contribution is -0.152. The van der Waals surface area contributed by atoms with Crippen molar-refractivity contribution in [2.45, 2.75) is 77.4 Å². The summed E-state index contributed by atoms with van der Waals surface area (Å²) in [6.45, 7) is 6.20. The molecule has 1 saturated heterocycles. The number of ether oxygens (including phenoxy) is 4. The molecule has 17 heteroatoms. The van der Waals surface area contributed by atoms with Crippen molar-refractivity contribution in [2.24, 2.45) is 0 Å². The highest BCUT2D eigenvalue weighted by molar-refractivity contribution is 5.93. The molecule has 1 aliphatic heterocycles. The molecule has 4 heterocycles. The van der Waals surface area contributed by atoms with Gasteiger partial charge in [-0.3, -0.25) is 14.7 Å². The number of halogens is 1. The lowest BCUT2D eigenvalue weighted by Crippen LogP contribution is -2.34. The van der Waals surface area contributed by atoms with E-state index in [0.717, 1.165) is 0 Å². The molecule has 0 bridgehead atoms. The Labute approximate surface area is 256 Å². The summed E-state index contributed by atoms with van der Waals surface area (Å²) in [6, 6.07) is 0. The first-order chi connectivity index (χ1) is 21.2. The fraction of sp³-hybridized carbons (Fsp3) is 0.536. The number of imidazole rings is 1. The third-order valence-electron chi connectivity index (χ3n) is 6.56. The van der Waals surface area contributed by atoms with Crippen LogP contribution in [0.25, 0.3) is 11.2 Å². The number of anilines is 1. The van der Waals surface area contributed by atoms with Crippen molar-refractivity contribution in [2.75, 3.05) is 25.5 Å². The molecule has 3 aromatic rings. The van der Waals surface area contributed by atoms with E-state index in [0.29, 0.717) is 12.8 Å². The fourth-order valence-electron chi connectivity index (χ4n) is 4.34. The van der Waals surface area contributed by atoms with Crippen LogP contribution in [-0.4, -0.2) is 74.0 Å². The molecule has 242 valence electrons. The number of amides is 2. The first kappa shape index (κ1) is 32.9. The minimum absolute atomic E-state index is 0.0206. The van der Waals surface area contributed by atoms with E-state index in [1.54, 1.807) is 20.8 Å². The van der Waals surface area contributed by atoms with Crippen LogP contribution in [0.3, 0.4) is 0 Å². The molecule has 1 aliphatic rings. The second-order valence-corrected chi connectivity index (χ2v) is 11.2. The number of nitrogens with zero attached hydrogens (tertiary/aromatic N) is 5. The van der Waals surface area contributed by atoms with Gasteiger partial charge in [0.05, 0.1) is 6.33 Å². The number of fused-ring (bicyclic) bond motifs is 1. The minimum atomic E-state index is -1.26. The number of rotatable bonds is 10. The van der Waals surface area contributed by atoms with E-state index in [4.69, 9.17) is 34.2 Å². The van der Waals surface area contributed by atoms with Crippen molar-refractivity contribution in [3.8, 4) is 12.3 Å². The second kappa shape index (κ2) is 13.3. The molecule has 0 aliphatic carbocycles. The average molecular weight is 633 g/mol. The maximum atomic E-state index is 14.3. The summed E-state index contributed by atoms with van der Waals surface area (Å²) >= 11 is 0. The number of hydrogen-bond acceptors (Lipinski definition) is 13. The first-order valence-corrected chi connectivity index (χ1v) is 13.9. The van der Waals surface area contributed by atoms with Gasteiger partial charge in [-0.2, -0.15) is 14.4 Å². The number of aryl methyl sites for hydroxylation is 1. The van der Waals surface area contributed by atoms with Crippen LogP contribution in [0.4, 0.5) is 19.8 Å². The predicted octanol–water partition coefficient (Wildman–Crippen LogP) is 3.44. The van der Waals surface area contributed by atoms with Crippen LogP contribution in [0, 0.1) is 25.3 Å². The molecule has 16 nitrogen and oxygen atoms in total. The Morgan fingerprint density at radius 3 is 2.69 bits per heavy atom. The largest absolute Gasteiger partial charge is 0.519 e. The molecular weight excluding hydrogens is 599 g/mol. The van der Waals surface area contributed by atoms with Crippen LogP contribution in [0.2, 0.25) is 0 Å². The molecule has 2 atom stereocenters. The molecular formula is C28H33FN6O10. The van der Waals surface area contributed by atoms with Gasteiger partial charge in [-0.25, -0.2) is 19.4 Å². The van der Waals surface area contributed by atoms with E-state index in [2.05, 4.69) is 26.2 Å². The Kier molecular flexibility index (Phi) is 9.76. The predicted molar refractivity (Wildman–Crippen MR) is 151 cm³/mol. The zero-order chi connectivity index (χ0) is 32.9. The van der Waals surface area contributed by atoms with Crippen molar-refractivity contribution in [1.82, 2.24) is 24.4 Å². The number of hydrogen-bond donors (Lipinski definition) is 1.